The largest absolute Gasteiger partial charge is 0.443 e. The molecular weight excluding hydrogens is 305 g/mol. The van der Waals surface area contributed by atoms with Gasteiger partial charge in [-0.05, 0) is 54.4 Å². The van der Waals surface area contributed by atoms with Crippen LogP contribution in [0.15, 0.2) is 0 Å². The van der Waals surface area contributed by atoms with Crippen molar-refractivity contribution in [2.24, 2.45) is 0 Å². The molecule has 2 amide bonds. The molecule has 134 valence electrons. The van der Waals surface area contributed by atoms with Crippen LogP contribution in [-0.4, -0.2) is 47.3 Å². The highest BCUT2D eigenvalue weighted by molar-refractivity contribution is 5.94. The van der Waals surface area contributed by atoms with Gasteiger partial charge >= 0.3 is 12.2 Å². The van der Waals surface area contributed by atoms with Crippen LogP contribution in [0.4, 0.5) is 14.0 Å². The van der Waals surface area contributed by atoms with Crippen molar-refractivity contribution in [2.45, 2.75) is 72.0 Å². The number of unbranched alkanes of at least 4 members (excludes halogenated alkanes) is 1. The Hall–Kier alpha value is -1.66. The third-order valence-electron chi connectivity index (χ3n) is 2.40. The molecule has 0 radical (unpaired) electrons. The van der Waals surface area contributed by atoms with Gasteiger partial charge in [-0.1, -0.05) is 0 Å². The molecule has 0 aliphatic heterocycles. The van der Waals surface area contributed by atoms with Gasteiger partial charge in [0.1, 0.15) is 11.2 Å². The Bertz CT molecular complexity index is 395. The van der Waals surface area contributed by atoms with Crippen LogP contribution in [0, 0.1) is 0 Å². The molecule has 0 fully saturated rings. The molecule has 0 bridgehead atoms. The van der Waals surface area contributed by atoms with Crippen LogP contribution in [0.25, 0.3) is 0 Å². The molecule has 0 atom stereocenters. The van der Waals surface area contributed by atoms with Crippen LogP contribution in [-0.2, 0) is 14.3 Å². The summed E-state index contributed by atoms with van der Waals surface area (Å²) in [6.07, 6.45) is -1.15. The first kappa shape index (κ1) is 21.3. The number of alkyl halides is 1. The number of nitrogens with zero attached hydrogens (tertiary/aromatic N) is 1. The second kappa shape index (κ2) is 8.84. The summed E-state index contributed by atoms with van der Waals surface area (Å²) in [6.45, 7) is 8.97. The molecule has 0 N–H and O–H groups in total. The maximum Gasteiger partial charge on any atom is 0.420 e. The van der Waals surface area contributed by atoms with Gasteiger partial charge in [0, 0.05) is 6.42 Å². The van der Waals surface area contributed by atoms with Gasteiger partial charge in [-0.3, -0.25) is 9.18 Å². The lowest BCUT2D eigenvalue weighted by atomic mass is 10.2. The Morgan fingerprint density at radius 1 is 0.870 bits per heavy atom. The lowest BCUT2D eigenvalue weighted by Crippen LogP contribution is -2.45. The number of imide groups is 1. The van der Waals surface area contributed by atoms with E-state index in [-0.39, 0.29) is 18.6 Å². The fraction of sp³-hybridized carbons (Fsp3) is 0.812. The maximum absolute atomic E-state index is 12.1. The number of Topliss-reactive ketones (excluding diaryl/α,β-unsaturated/α-hetero) is 1. The molecule has 7 heteroatoms. The van der Waals surface area contributed by atoms with Crippen LogP contribution >= 0.6 is 0 Å². The number of halogens is 1. The highest BCUT2D eigenvalue weighted by atomic mass is 19.1. The number of amides is 2. The second-order valence-corrected chi connectivity index (χ2v) is 7.23. The van der Waals surface area contributed by atoms with Crippen molar-refractivity contribution in [1.82, 2.24) is 4.90 Å². The van der Waals surface area contributed by atoms with E-state index >= 15 is 0 Å². The number of ether oxygens (including phenoxy) is 2. The molecule has 0 rings (SSSR count). The minimum absolute atomic E-state index is 0.0893. The Balaban J connectivity index is 4.96. The summed E-state index contributed by atoms with van der Waals surface area (Å²) in [5.74, 6) is -0.352. The Morgan fingerprint density at radius 2 is 1.30 bits per heavy atom. The van der Waals surface area contributed by atoms with Crippen LogP contribution in [0.3, 0.4) is 0 Å². The predicted molar refractivity (Wildman–Crippen MR) is 84.0 cm³/mol. The lowest BCUT2D eigenvalue weighted by molar-refractivity contribution is -0.120. The summed E-state index contributed by atoms with van der Waals surface area (Å²) < 4.78 is 22.3. The minimum Gasteiger partial charge on any atom is -0.443 e. The second-order valence-electron chi connectivity index (χ2n) is 7.23. The first-order chi connectivity index (χ1) is 10.4. The Morgan fingerprint density at radius 3 is 1.65 bits per heavy atom. The molecule has 0 aromatic carbocycles. The molecule has 0 unspecified atom stereocenters. The standard InChI is InChI=1S/C16H28FNO5/c1-15(2,3)22-13(20)18(14(21)23-16(4,5)6)11-12(19)9-7-8-10-17/h7-11H2,1-6H3. The molecular formula is C16H28FNO5. The van der Waals surface area contributed by atoms with E-state index in [4.69, 9.17) is 9.47 Å². The maximum atomic E-state index is 12.1. The molecule has 0 spiro atoms. The third kappa shape index (κ3) is 10.7. The van der Waals surface area contributed by atoms with Crippen LogP contribution in [0.1, 0.15) is 60.8 Å². The van der Waals surface area contributed by atoms with Crippen molar-refractivity contribution in [1.29, 1.82) is 0 Å². The zero-order valence-corrected chi connectivity index (χ0v) is 14.9. The third-order valence-corrected chi connectivity index (χ3v) is 2.40. The van der Waals surface area contributed by atoms with E-state index in [1.165, 1.54) is 0 Å². The number of carbonyl (C=O) groups is 3. The van der Waals surface area contributed by atoms with Crippen LogP contribution in [0.2, 0.25) is 0 Å². The summed E-state index contributed by atoms with van der Waals surface area (Å²) in [7, 11) is 0. The molecule has 0 heterocycles. The predicted octanol–water partition coefficient (Wildman–Crippen LogP) is 3.87. The van der Waals surface area contributed by atoms with Gasteiger partial charge in [-0.2, -0.15) is 0 Å². The van der Waals surface area contributed by atoms with Gasteiger partial charge in [0.2, 0.25) is 0 Å². The Labute approximate surface area is 137 Å². The minimum atomic E-state index is -0.939. The van der Waals surface area contributed by atoms with Crippen molar-refractivity contribution < 1.29 is 28.2 Å². The number of ketones is 1. The van der Waals surface area contributed by atoms with Gasteiger partial charge in [0.05, 0.1) is 13.2 Å². The SMILES string of the molecule is CC(C)(C)OC(=O)N(CC(=O)CCCCF)C(=O)OC(C)(C)C. The van der Waals surface area contributed by atoms with E-state index in [1.807, 2.05) is 0 Å². The summed E-state index contributed by atoms with van der Waals surface area (Å²) in [5, 5.41) is 0. The van der Waals surface area contributed by atoms with Crippen molar-refractivity contribution in [3.63, 3.8) is 0 Å². The van der Waals surface area contributed by atoms with Crippen molar-refractivity contribution >= 4 is 18.0 Å². The number of rotatable bonds is 6. The van der Waals surface area contributed by atoms with E-state index < -0.39 is 36.6 Å². The van der Waals surface area contributed by atoms with Crippen molar-refractivity contribution in [2.75, 3.05) is 13.2 Å². The molecule has 6 nitrogen and oxygen atoms in total. The fourth-order valence-electron chi connectivity index (χ4n) is 1.51. The number of carbonyl (C=O) groups excluding carboxylic acids is 3. The van der Waals surface area contributed by atoms with Crippen LogP contribution < -0.4 is 0 Å². The normalized spacial score (nSPS) is 11.8. The van der Waals surface area contributed by atoms with E-state index in [2.05, 4.69) is 0 Å². The van der Waals surface area contributed by atoms with Gasteiger partial charge in [-0.15, -0.1) is 0 Å². The summed E-state index contributed by atoms with van der Waals surface area (Å²) in [4.78, 5) is 36.8. The molecule has 0 saturated heterocycles. The van der Waals surface area contributed by atoms with Crippen LogP contribution in [0.5, 0.6) is 0 Å². The quantitative estimate of drug-likeness (QED) is 0.690. The first-order valence-corrected chi connectivity index (χ1v) is 7.67. The molecule has 0 aromatic rings. The zero-order chi connectivity index (χ0) is 18.3. The fourth-order valence-corrected chi connectivity index (χ4v) is 1.51. The lowest BCUT2D eigenvalue weighted by Gasteiger charge is -2.28. The molecule has 0 aliphatic rings. The highest BCUT2D eigenvalue weighted by Gasteiger charge is 2.32. The average Bonchev–Trinajstić information content (AvgIpc) is 2.31. The van der Waals surface area contributed by atoms with Gasteiger partial charge in [0.25, 0.3) is 0 Å². The summed E-state index contributed by atoms with van der Waals surface area (Å²) >= 11 is 0. The number of hydrogen-bond acceptors (Lipinski definition) is 5. The zero-order valence-electron chi connectivity index (χ0n) is 14.9. The summed E-state index contributed by atoms with van der Waals surface area (Å²) in [6, 6.07) is 0. The van der Waals surface area contributed by atoms with Crippen molar-refractivity contribution in [3.05, 3.63) is 0 Å². The molecule has 0 aromatic heterocycles. The van der Waals surface area contributed by atoms with Gasteiger partial charge in [0.15, 0.2) is 5.78 Å². The molecule has 23 heavy (non-hydrogen) atoms. The monoisotopic (exact) mass is 333 g/mol. The highest BCUT2D eigenvalue weighted by Crippen LogP contribution is 2.15. The van der Waals surface area contributed by atoms with Gasteiger partial charge in [-0.25, -0.2) is 14.5 Å². The van der Waals surface area contributed by atoms with E-state index in [0.717, 1.165) is 0 Å². The topological polar surface area (TPSA) is 72.9 Å². The Kier molecular flexibility index (Phi) is 8.20. The smallest absolute Gasteiger partial charge is 0.420 e. The molecule has 0 saturated carbocycles. The first-order valence-electron chi connectivity index (χ1n) is 7.67. The van der Waals surface area contributed by atoms with E-state index in [1.54, 1.807) is 41.5 Å². The average molecular weight is 333 g/mol. The number of hydrogen-bond donors (Lipinski definition) is 0. The summed E-state index contributed by atoms with van der Waals surface area (Å²) in [5.41, 5.74) is -1.62. The van der Waals surface area contributed by atoms with E-state index in [9.17, 15) is 18.8 Å². The van der Waals surface area contributed by atoms with E-state index in [0.29, 0.717) is 11.3 Å². The van der Waals surface area contributed by atoms with Gasteiger partial charge < -0.3 is 9.47 Å². The van der Waals surface area contributed by atoms with Crippen molar-refractivity contribution in [3.8, 4) is 0 Å². The molecule has 0 aliphatic carbocycles.